The van der Waals surface area contributed by atoms with Gasteiger partial charge in [-0.2, -0.15) is 9.61 Å². The molecule has 0 radical (unpaired) electrons. The van der Waals surface area contributed by atoms with Crippen molar-refractivity contribution in [3.8, 4) is 11.4 Å². The van der Waals surface area contributed by atoms with Crippen LogP contribution in [0, 0.1) is 13.8 Å². The van der Waals surface area contributed by atoms with Crippen LogP contribution in [0.3, 0.4) is 0 Å². The van der Waals surface area contributed by atoms with Crippen molar-refractivity contribution >= 4 is 26.4 Å². The Balaban J connectivity index is 1.86. The second-order valence-electron chi connectivity index (χ2n) is 6.76. The van der Waals surface area contributed by atoms with E-state index < -0.39 is 10.0 Å². The molecule has 2 aromatic heterocycles. The van der Waals surface area contributed by atoms with Gasteiger partial charge in [-0.05, 0) is 31.5 Å². The van der Waals surface area contributed by atoms with E-state index in [9.17, 15) is 8.42 Å². The van der Waals surface area contributed by atoms with E-state index >= 15 is 0 Å². The number of nitrogens with one attached hydrogen (secondary N) is 1. The zero-order chi connectivity index (χ0) is 20.6. The fourth-order valence-corrected chi connectivity index (χ4v) is 4.32. The van der Waals surface area contributed by atoms with Crippen LogP contribution in [-0.4, -0.2) is 48.5 Å². The van der Waals surface area contributed by atoms with Gasteiger partial charge in [-0.15, -0.1) is 10.2 Å². The van der Waals surface area contributed by atoms with Gasteiger partial charge in [-0.3, -0.25) is 0 Å². The van der Waals surface area contributed by atoms with Gasteiger partial charge >= 0.3 is 0 Å². The highest BCUT2D eigenvalue weighted by Crippen LogP contribution is 2.28. The number of hydrogen-bond donors (Lipinski definition) is 1. The number of sulfonamides is 1. The van der Waals surface area contributed by atoms with Crippen molar-refractivity contribution in [1.29, 1.82) is 0 Å². The number of rotatable bonds is 6. The molecule has 1 N–H and O–H groups in total. The number of hydrogen-bond acceptors (Lipinski definition) is 6. The third kappa shape index (κ3) is 3.48. The molecule has 0 aliphatic carbocycles. The van der Waals surface area contributed by atoms with Crippen LogP contribution < -0.4 is 4.72 Å². The molecule has 4 rings (SSSR count). The van der Waals surface area contributed by atoms with E-state index in [1.165, 1.54) is 7.11 Å². The topological polar surface area (TPSA) is 98.5 Å². The Kier molecular flexibility index (Phi) is 5.03. The van der Waals surface area contributed by atoms with Crippen molar-refractivity contribution in [2.24, 2.45) is 0 Å². The number of benzene rings is 2. The Bertz CT molecular complexity index is 1310. The average Bonchev–Trinajstić information content (AvgIpc) is 3.12. The van der Waals surface area contributed by atoms with Crippen molar-refractivity contribution in [2.75, 3.05) is 20.3 Å². The molecule has 0 bridgehead atoms. The van der Waals surface area contributed by atoms with Crippen LogP contribution in [0.1, 0.15) is 11.3 Å². The third-order valence-corrected chi connectivity index (χ3v) is 6.27. The summed E-state index contributed by atoms with van der Waals surface area (Å²) in [5, 5.41) is 15.3. The summed E-state index contributed by atoms with van der Waals surface area (Å²) in [6, 6.07) is 12.8. The first-order chi connectivity index (χ1) is 13.9. The van der Waals surface area contributed by atoms with E-state index in [2.05, 4.69) is 20.0 Å². The smallest absolute Gasteiger partial charge is 0.240 e. The van der Waals surface area contributed by atoms with Gasteiger partial charge in [-0.25, -0.2) is 13.1 Å². The Hall–Kier alpha value is -2.88. The molecule has 8 nitrogen and oxygen atoms in total. The molecule has 0 spiro atoms. The number of methoxy groups -OCH3 is 1. The predicted octanol–water partition coefficient (Wildman–Crippen LogP) is 2.49. The minimum absolute atomic E-state index is 0.156. The molecule has 4 aromatic rings. The van der Waals surface area contributed by atoms with E-state index in [1.807, 2.05) is 38.1 Å². The summed E-state index contributed by atoms with van der Waals surface area (Å²) in [4.78, 5) is 0.156. The first-order valence-electron chi connectivity index (χ1n) is 9.13. The second kappa shape index (κ2) is 7.51. The van der Waals surface area contributed by atoms with Gasteiger partial charge in [0.15, 0.2) is 11.5 Å². The first kappa shape index (κ1) is 19.4. The van der Waals surface area contributed by atoms with Crippen molar-refractivity contribution in [2.45, 2.75) is 18.7 Å². The lowest BCUT2D eigenvalue weighted by atomic mass is 10.1. The Labute approximate surface area is 168 Å². The van der Waals surface area contributed by atoms with Gasteiger partial charge in [0, 0.05) is 30.0 Å². The molecular weight excluding hydrogens is 390 g/mol. The number of fused-ring (bicyclic) bond motifs is 3. The zero-order valence-corrected chi connectivity index (χ0v) is 17.2. The van der Waals surface area contributed by atoms with E-state index in [1.54, 1.807) is 22.7 Å². The van der Waals surface area contributed by atoms with E-state index in [0.717, 1.165) is 22.0 Å². The zero-order valence-electron chi connectivity index (χ0n) is 16.4. The second-order valence-corrected chi connectivity index (χ2v) is 8.52. The van der Waals surface area contributed by atoms with Gasteiger partial charge in [0.05, 0.1) is 17.2 Å². The molecule has 0 saturated heterocycles. The summed E-state index contributed by atoms with van der Waals surface area (Å²) in [6.45, 7) is 4.32. The predicted molar refractivity (Wildman–Crippen MR) is 110 cm³/mol. The molecule has 2 aromatic carbocycles. The maximum atomic E-state index is 12.6. The molecule has 2 heterocycles. The molecule has 0 unspecified atom stereocenters. The molecule has 0 saturated carbocycles. The van der Waals surface area contributed by atoms with Crippen LogP contribution in [-0.2, 0) is 14.8 Å². The largest absolute Gasteiger partial charge is 0.383 e. The summed E-state index contributed by atoms with van der Waals surface area (Å²) in [5.41, 5.74) is 3.01. The fourth-order valence-electron chi connectivity index (χ4n) is 3.28. The number of ether oxygens (including phenoxy) is 1. The minimum atomic E-state index is -3.67. The van der Waals surface area contributed by atoms with Crippen molar-refractivity contribution < 1.29 is 13.2 Å². The Morgan fingerprint density at radius 1 is 1.07 bits per heavy atom. The third-order valence-electron chi connectivity index (χ3n) is 4.81. The van der Waals surface area contributed by atoms with E-state index in [-0.39, 0.29) is 11.4 Å². The van der Waals surface area contributed by atoms with Crippen molar-refractivity contribution in [1.82, 2.24) is 24.5 Å². The van der Waals surface area contributed by atoms with Crippen LogP contribution in [0.15, 0.2) is 47.4 Å². The Morgan fingerprint density at radius 3 is 2.59 bits per heavy atom. The van der Waals surface area contributed by atoms with Crippen LogP contribution >= 0.6 is 0 Å². The van der Waals surface area contributed by atoms with Gasteiger partial charge in [0.1, 0.15) is 0 Å². The standard InChI is InChI=1S/C20H21N5O3S/c1-13-8-9-15(29(26,27)21-10-11-28-3)12-18(13)20-23-22-19-17-7-5-4-6-16(17)14(2)24-25(19)20/h4-9,12,21H,10-11H2,1-3H3. The van der Waals surface area contributed by atoms with Gasteiger partial charge < -0.3 is 4.74 Å². The molecule has 0 amide bonds. The molecule has 0 fully saturated rings. The quantitative estimate of drug-likeness (QED) is 0.490. The highest BCUT2D eigenvalue weighted by molar-refractivity contribution is 7.89. The van der Waals surface area contributed by atoms with Crippen molar-refractivity contribution in [3.63, 3.8) is 0 Å². The van der Waals surface area contributed by atoms with E-state index in [4.69, 9.17) is 4.74 Å². The normalized spacial score (nSPS) is 12.1. The lowest BCUT2D eigenvalue weighted by Gasteiger charge is -2.10. The summed E-state index contributed by atoms with van der Waals surface area (Å²) in [7, 11) is -2.15. The van der Waals surface area contributed by atoms with Gasteiger partial charge in [0.25, 0.3) is 0 Å². The number of nitrogens with zero attached hydrogens (tertiary/aromatic N) is 4. The molecule has 0 atom stereocenters. The fraction of sp³-hybridized carbons (Fsp3) is 0.250. The highest BCUT2D eigenvalue weighted by Gasteiger charge is 2.19. The number of aromatic nitrogens is 4. The van der Waals surface area contributed by atoms with Crippen LogP contribution in [0.4, 0.5) is 0 Å². The minimum Gasteiger partial charge on any atom is -0.383 e. The maximum absolute atomic E-state index is 12.6. The SMILES string of the molecule is COCCNS(=O)(=O)c1ccc(C)c(-c2nnc3c4ccccc4c(C)nn23)c1. The molecule has 0 aliphatic heterocycles. The first-order valence-corrected chi connectivity index (χ1v) is 10.6. The van der Waals surface area contributed by atoms with Crippen LogP contribution in [0.25, 0.3) is 27.8 Å². The van der Waals surface area contributed by atoms with Crippen LogP contribution in [0.2, 0.25) is 0 Å². The van der Waals surface area contributed by atoms with E-state index in [0.29, 0.717) is 23.6 Å². The molecule has 0 aliphatic rings. The van der Waals surface area contributed by atoms with Gasteiger partial charge in [-0.1, -0.05) is 30.3 Å². The number of aryl methyl sites for hydroxylation is 2. The lowest BCUT2D eigenvalue weighted by Crippen LogP contribution is -2.27. The summed E-state index contributed by atoms with van der Waals surface area (Å²) in [5.74, 6) is 0.500. The monoisotopic (exact) mass is 411 g/mol. The summed E-state index contributed by atoms with van der Waals surface area (Å²) in [6.07, 6.45) is 0. The van der Waals surface area contributed by atoms with Crippen LogP contribution in [0.5, 0.6) is 0 Å². The lowest BCUT2D eigenvalue weighted by molar-refractivity contribution is 0.204. The maximum Gasteiger partial charge on any atom is 0.240 e. The highest BCUT2D eigenvalue weighted by atomic mass is 32.2. The molecular formula is C20H21N5O3S. The summed E-state index contributed by atoms with van der Waals surface area (Å²) >= 11 is 0. The summed E-state index contributed by atoms with van der Waals surface area (Å²) < 4.78 is 34.3. The molecule has 150 valence electrons. The molecule has 9 heteroatoms. The average molecular weight is 411 g/mol. The van der Waals surface area contributed by atoms with Crippen molar-refractivity contribution in [3.05, 3.63) is 53.7 Å². The Morgan fingerprint density at radius 2 is 1.83 bits per heavy atom. The molecule has 29 heavy (non-hydrogen) atoms. The van der Waals surface area contributed by atoms with Gasteiger partial charge in [0.2, 0.25) is 10.0 Å².